The summed E-state index contributed by atoms with van der Waals surface area (Å²) in [5.74, 6) is -1.00. The Morgan fingerprint density at radius 2 is 1.94 bits per heavy atom. The molecule has 11 heteroatoms. The number of pyridine rings is 2. The predicted octanol–water partition coefficient (Wildman–Crippen LogP) is 3.77. The number of oxazole rings is 1. The third-order valence-electron chi connectivity index (χ3n) is 5.47. The average Bonchev–Trinajstić information content (AvgIpc) is 3.37. The van der Waals surface area contributed by atoms with Gasteiger partial charge in [-0.2, -0.15) is 5.26 Å². The van der Waals surface area contributed by atoms with Gasteiger partial charge in [0, 0.05) is 47.5 Å². The fourth-order valence-electron chi connectivity index (χ4n) is 3.71. The molecule has 0 aliphatic rings. The number of carbonyl (C=O) groups excluding carboxylic acids is 2. The molecule has 1 unspecified atom stereocenters. The number of halogens is 2. The Kier molecular flexibility index (Phi) is 7.29. The first-order valence-electron chi connectivity index (χ1n) is 10.5. The van der Waals surface area contributed by atoms with Crippen LogP contribution in [0, 0.1) is 11.3 Å². The van der Waals surface area contributed by atoms with Gasteiger partial charge < -0.3 is 14.7 Å². The lowest BCUT2D eigenvalue weighted by molar-refractivity contribution is -0.121. The number of nitrogens with two attached hydrogens (primary N) is 1. The van der Waals surface area contributed by atoms with Gasteiger partial charge in [-0.15, -0.1) is 0 Å². The molecular formula is C25H17Cl2N5O4. The van der Waals surface area contributed by atoms with Crippen LogP contribution in [0.2, 0.25) is 10.0 Å². The molecule has 3 heterocycles. The Balaban J connectivity index is 1.73. The van der Waals surface area contributed by atoms with Crippen LogP contribution in [-0.4, -0.2) is 26.2 Å². The molecule has 1 atom stereocenters. The molecule has 36 heavy (non-hydrogen) atoms. The number of nitriles is 1. The van der Waals surface area contributed by atoms with E-state index in [2.05, 4.69) is 16.0 Å². The van der Waals surface area contributed by atoms with Gasteiger partial charge in [-0.25, -0.2) is 4.98 Å². The topological polar surface area (TPSA) is 145 Å². The summed E-state index contributed by atoms with van der Waals surface area (Å²) in [6.45, 7) is 0. The van der Waals surface area contributed by atoms with E-state index in [-0.39, 0.29) is 29.3 Å². The van der Waals surface area contributed by atoms with Crippen LogP contribution in [0.4, 0.5) is 0 Å². The maximum absolute atomic E-state index is 13.4. The van der Waals surface area contributed by atoms with Gasteiger partial charge in [0.2, 0.25) is 0 Å². The highest BCUT2D eigenvalue weighted by Crippen LogP contribution is 2.32. The smallest absolute Gasteiger partial charge is 0.267 e. The molecule has 0 radical (unpaired) electrons. The summed E-state index contributed by atoms with van der Waals surface area (Å²) in [5.41, 5.74) is 6.78. The summed E-state index contributed by atoms with van der Waals surface area (Å²) in [6.07, 6.45) is 5.34. The van der Waals surface area contributed by atoms with E-state index < -0.39 is 17.5 Å². The van der Waals surface area contributed by atoms with Crippen LogP contribution in [-0.2, 0) is 17.6 Å². The first-order chi connectivity index (χ1) is 17.3. The molecule has 0 saturated heterocycles. The van der Waals surface area contributed by atoms with Crippen LogP contribution in [0.3, 0.4) is 0 Å². The zero-order chi connectivity index (χ0) is 25.8. The van der Waals surface area contributed by atoms with E-state index in [1.165, 1.54) is 47.8 Å². The van der Waals surface area contributed by atoms with Crippen LogP contribution >= 0.6 is 23.2 Å². The molecule has 4 rings (SSSR count). The number of amides is 1. The van der Waals surface area contributed by atoms with Gasteiger partial charge >= 0.3 is 0 Å². The molecular weight excluding hydrogens is 505 g/mol. The SMILES string of the molecule is N#Cc1ccc(Cl)cc1-c1cc(=O)n(C(Cc2cocn2)C(=O)Cc2ccc(C(N)=O)nc2)cc1Cl. The van der Waals surface area contributed by atoms with Crippen molar-refractivity contribution >= 4 is 34.9 Å². The van der Waals surface area contributed by atoms with E-state index in [0.29, 0.717) is 33.0 Å². The minimum Gasteiger partial charge on any atom is -0.451 e. The minimum absolute atomic E-state index is 0.0678. The largest absolute Gasteiger partial charge is 0.451 e. The van der Waals surface area contributed by atoms with Gasteiger partial charge in [0.1, 0.15) is 18.0 Å². The van der Waals surface area contributed by atoms with Crippen molar-refractivity contribution in [1.82, 2.24) is 14.5 Å². The fraction of sp³-hybridized carbons (Fsp3) is 0.120. The van der Waals surface area contributed by atoms with Crippen molar-refractivity contribution in [2.45, 2.75) is 18.9 Å². The van der Waals surface area contributed by atoms with Crippen molar-refractivity contribution < 1.29 is 14.0 Å². The monoisotopic (exact) mass is 521 g/mol. The van der Waals surface area contributed by atoms with Gasteiger partial charge in [-0.1, -0.05) is 29.3 Å². The summed E-state index contributed by atoms with van der Waals surface area (Å²) < 4.78 is 6.25. The van der Waals surface area contributed by atoms with E-state index in [0.717, 1.165) is 0 Å². The van der Waals surface area contributed by atoms with E-state index in [1.807, 2.05) is 0 Å². The second-order valence-corrected chi connectivity index (χ2v) is 8.68. The zero-order valence-corrected chi connectivity index (χ0v) is 20.0. The van der Waals surface area contributed by atoms with Crippen molar-refractivity contribution in [1.29, 1.82) is 5.26 Å². The van der Waals surface area contributed by atoms with E-state index in [9.17, 15) is 19.6 Å². The molecule has 1 aromatic carbocycles. The van der Waals surface area contributed by atoms with Crippen molar-refractivity contribution in [3.63, 3.8) is 0 Å². The summed E-state index contributed by atoms with van der Waals surface area (Å²) in [6, 6.07) is 9.99. The quantitative estimate of drug-likeness (QED) is 0.371. The number of aromatic nitrogens is 3. The molecule has 9 nitrogen and oxygen atoms in total. The van der Waals surface area contributed by atoms with E-state index in [4.69, 9.17) is 33.4 Å². The Labute approximate surface area is 214 Å². The molecule has 4 aromatic rings. The van der Waals surface area contributed by atoms with Crippen molar-refractivity contribution in [3.8, 4) is 17.2 Å². The second-order valence-electron chi connectivity index (χ2n) is 7.84. The van der Waals surface area contributed by atoms with Crippen LogP contribution in [0.25, 0.3) is 11.1 Å². The standard InChI is InChI=1S/C25H17Cl2N5O4/c26-16-3-2-15(9-28)18(6-16)19-8-24(34)32(11-20(19)27)22(7-17-12-36-13-31-17)23(33)5-14-1-4-21(25(29)35)30-10-14/h1-4,6,8,10-13,22H,5,7H2,(H2,29,35). The number of primary amides is 1. The lowest BCUT2D eigenvalue weighted by Gasteiger charge is -2.19. The van der Waals surface area contributed by atoms with Crippen molar-refractivity contribution in [2.24, 2.45) is 5.73 Å². The highest BCUT2D eigenvalue weighted by Gasteiger charge is 2.25. The number of rotatable bonds is 8. The first kappa shape index (κ1) is 24.9. The molecule has 2 N–H and O–H groups in total. The number of Topliss-reactive ketones (excluding diaryl/α,β-unsaturated/α-hetero) is 1. The number of hydrogen-bond acceptors (Lipinski definition) is 7. The first-order valence-corrected chi connectivity index (χ1v) is 11.3. The summed E-state index contributed by atoms with van der Waals surface area (Å²) >= 11 is 12.6. The van der Waals surface area contributed by atoms with Gasteiger partial charge in [0.25, 0.3) is 11.5 Å². The molecule has 0 aliphatic heterocycles. The van der Waals surface area contributed by atoms with E-state index in [1.54, 1.807) is 18.2 Å². The maximum atomic E-state index is 13.4. The van der Waals surface area contributed by atoms with Crippen LogP contribution in [0.5, 0.6) is 0 Å². The highest BCUT2D eigenvalue weighted by molar-refractivity contribution is 6.33. The number of hydrogen-bond donors (Lipinski definition) is 1. The maximum Gasteiger partial charge on any atom is 0.267 e. The highest BCUT2D eigenvalue weighted by atomic mass is 35.5. The Morgan fingerprint density at radius 3 is 2.58 bits per heavy atom. The number of carbonyl (C=O) groups is 2. The third kappa shape index (κ3) is 5.35. The van der Waals surface area contributed by atoms with Crippen LogP contribution in [0.15, 0.2) is 70.7 Å². The Morgan fingerprint density at radius 1 is 1.14 bits per heavy atom. The molecule has 0 bridgehead atoms. The summed E-state index contributed by atoms with van der Waals surface area (Å²) in [4.78, 5) is 45.9. The fourth-order valence-corrected chi connectivity index (χ4v) is 4.14. The van der Waals surface area contributed by atoms with Gasteiger partial charge in [-0.05, 0) is 29.8 Å². The lowest BCUT2D eigenvalue weighted by atomic mass is 9.99. The van der Waals surface area contributed by atoms with Gasteiger partial charge in [-0.3, -0.25) is 19.4 Å². The second kappa shape index (κ2) is 10.6. The summed E-state index contributed by atoms with van der Waals surface area (Å²) in [7, 11) is 0. The lowest BCUT2D eigenvalue weighted by Crippen LogP contribution is -2.32. The number of nitrogens with zero attached hydrogens (tertiary/aromatic N) is 4. The van der Waals surface area contributed by atoms with Crippen molar-refractivity contribution in [3.05, 3.63) is 104 Å². The van der Waals surface area contributed by atoms with Crippen LogP contribution in [0.1, 0.15) is 33.4 Å². The average molecular weight is 522 g/mol. The molecule has 0 spiro atoms. The minimum atomic E-state index is -0.972. The van der Waals surface area contributed by atoms with Crippen molar-refractivity contribution in [2.75, 3.05) is 0 Å². The number of ketones is 1. The molecule has 3 aromatic heterocycles. The third-order valence-corrected chi connectivity index (χ3v) is 6.01. The summed E-state index contributed by atoms with van der Waals surface area (Å²) in [5, 5.41) is 9.99. The Hall–Kier alpha value is -4.26. The molecule has 0 saturated carbocycles. The number of benzene rings is 1. The van der Waals surface area contributed by atoms with E-state index >= 15 is 0 Å². The zero-order valence-electron chi connectivity index (χ0n) is 18.5. The molecule has 180 valence electrons. The normalized spacial score (nSPS) is 11.6. The molecule has 0 aliphatic carbocycles. The van der Waals surface area contributed by atoms with Crippen LogP contribution < -0.4 is 11.3 Å². The van der Waals surface area contributed by atoms with Gasteiger partial charge in [0.15, 0.2) is 12.2 Å². The molecule has 1 amide bonds. The predicted molar refractivity (Wildman–Crippen MR) is 132 cm³/mol. The molecule has 0 fully saturated rings. The van der Waals surface area contributed by atoms with Gasteiger partial charge in [0.05, 0.1) is 22.3 Å². The Bertz CT molecular complexity index is 1540.